The van der Waals surface area contributed by atoms with Crippen LogP contribution < -0.4 is 16.2 Å². The Bertz CT molecular complexity index is 375. The summed E-state index contributed by atoms with van der Waals surface area (Å²) in [6.07, 6.45) is 1.50. The largest absolute Gasteiger partial charge is 0.377 e. The van der Waals surface area contributed by atoms with Crippen LogP contribution in [0.2, 0.25) is 0 Å². The average molecular weight is 288 g/mol. The number of anilines is 2. The monoisotopic (exact) mass is 287 g/mol. The first kappa shape index (κ1) is 11.6. The Morgan fingerprint density at radius 3 is 3.12 bits per heavy atom. The van der Waals surface area contributed by atoms with E-state index in [0.29, 0.717) is 25.1 Å². The van der Waals surface area contributed by atoms with Crippen molar-refractivity contribution in [3.05, 3.63) is 10.8 Å². The highest BCUT2D eigenvalue weighted by Crippen LogP contribution is 2.30. The van der Waals surface area contributed by atoms with E-state index < -0.39 is 0 Å². The van der Waals surface area contributed by atoms with Gasteiger partial charge in [0.2, 0.25) is 0 Å². The van der Waals surface area contributed by atoms with Crippen molar-refractivity contribution in [2.24, 2.45) is 5.84 Å². The topological polar surface area (TPSA) is 76.3 Å². The van der Waals surface area contributed by atoms with E-state index in [1.165, 1.54) is 6.33 Å². The van der Waals surface area contributed by atoms with E-state index in [0.717, 1.165) is 16.8 Å². The maximum atomic E-state index is 5.39. The van der Waals surface area contributed by atoms with Gasteiger partial charge in [0.25, 0.3) is 0 Å². The van der Waals surface area contributed by atoms with Gasteiger partial charge in [-0.2, -0.15) is 0 Å². The lowest BCUT2D eigenvalue weighted by atomic mass is 10.2. The molecular formula is C9H14BrN5O. The predicted octanol–water partition coefficient (Wildman–Crippen LogP) is 0.750. The maximum Gasteiger partial charge on any atom is 0.159 e. The number of ether oxygens (including phenoxy) is 1. The van der Waals surface area contributed by atoms with Crippen molar-refractivity contribution in [2.45, 2.75) is 13.0 Å². The van der Waals surface area contributed by atoms with Crippen molar-refractivity contribution >= 4 is 27.6 Å². The van der Waals surface area contributed by atoms with E-state index >= 15 is 0 Å². The summed E-state index contributed by atoms with van der Waals surface area (Å²) in [6, 6.07) is 0.297. The lowest BCUT2D eigenvalue weighted by Gasteiger charge is -2.34. The molecule has 0 bridgehead atoms. The molecule has 2 rings (SSSR count). The van der Waals surface area contributed by atoms with Gasteiger partial charge in [-0.05, 0) is 22.9 Å². The number of nitrogens with one attached hydrogen (secondary N) is 1. The van der Waals surface area contributed by atoms with Gasteiger partial charge in [0.1, 0.15) is 16.6 Å². The molecule has 0 radical (unpaired) electrons. The molecule has 0 aliphatic carbocycles. The lowest BCUT2D eigenvalue weighted by Crippen LogP contribution is -2.44. The third kappa shape index (κ3) is 2.11. The summed E-state index contributed by atoms with van der Waals surface area (Å²) in [5.41, 5.74) is 2.53. The number of hydrazine groups is 1. The van der Waals surface area contributed by atoms with Crippen LogP contribution in [-0.2, 0) is 4.74 Å². The number of nitrogens with two attached hydrogens (primary N) is 1. The Morgan fingerprint density at radius 1 is 1.62 bits per heavy atom. The molecule has 7 heteroatoms. The van der Waals surface area contributed by atoms with Crippen LogP contribution in [0.25, 0.3) is 0 Å². The number of halogens is 1. The molecule has 2 heterocycles. The van der Waals surface area contributed by atoms with Gasteiger partial charge in [0.15, 0.2) is 5.82 Å². The number of morpholine rings is 1. The number of nitrogen functional groups attached to an aromatic ring is 1. The van der Waals surface area contributed by atoms with Crippen LogP contribution in [0.4, 0.5) is 11.6 Å². The molecule has 0 spiro atoms. The highest BCUT2D eigenvalue weighted by molar-refractivity contribution is 9.10. The Hall–Kier alpha value is -0.920. The molecule has 1 aromatic heterocycles. The fourth-order valence-electron chi connectivity index (χ4n) is 1.70. The van der Waals surface area contributed by atoms with Crippen LogP contribution in [0, 0.1) is 0 Å². The molecule has 1 atom stereocenters. The summed E-state index contributed by atoms with van der Waals surface area (Å²) in [6.45, 7) is 4.35. The van der Waals surface area contributed by atoms with Crippen molar-refractivity contribution < 1.29 is 4.74 Å². The Morgan fingerprint density at radius 2 is 2.44 bits per heavy atom. The van der Waals surface area contributed by atoms with Gasteiger partial charge in [-0.15, -0.1) is 0 Å². The fraction of sp³-hybridized carbons (Fsp3) is 0.556. The summed E-state index contributed by atoms with van der Waals surface area (Å²) in [4.78, 5) is 10.5. The van der Waals surface area contributed by atoms with Gasteiger partial charge in [-0.1, -0.05) is 0 Å². The third-order valence-corrected chi connectivity index (χ3v) is 3.28. The third-order valence-electron chi connectivity index (χ3n) is 2.55. The van der Waals surface area contributed by atoms with Crippen molar-refractivity contribution in [3.8, 4) is 0 Å². The number of hydrogen-bond acceptors (Lipinski definition) is 6. The second-order valence-corrected chi connectivity index (χ2v) is 4.41. The molecule has 88 valence electrons. The normalized spacial score (nSPS) is 20.9. The summed E-state index contributed by atoms with van der Waals surface area (Å²) in [5.74, 6) is 6.80. The van der Waals surface area contributed by atoms with E-state index in [-0.39, 0.29) is 0 Å². The maximum absolute atomic E-state index is 5.39. The van der Waals surface area contributed by atoms with Gasteiger partial charge < -0.3 is 15.1 Å². The van der Waals surface area contributed by atoms with E-state index in [1.54, 1.807) is 0 Å². The van der Waals surface area contributed by atoms with Crippen LogP contribution in [0.1, 0.15) is 6.92 Å². The molecule has 0 saturated carbocycles. The van der Waals surface area contributed by atoms with Crippen molar-refractivity contribution in [1.29, 1.82) is 0 Å². The molecule has 16 heavy (non-hydrogen) atoms. The minimum atomic E-state index is 0.297. The zero-order valence-electron chi connectivity index (χ0n) is 8.98. The standard InChI is InChI=1S/C9H14BrN5O/c1-6-4-16-3-2-15(6)9-7(10)8(14-11)12-5-13-9/h5-6H,2-4,11H2,1H3,(H,12,13,14). The van der Waals surface area contributed by atoms with Gasteiger partial charge in [0, 0.05) is 6.54 Å². The van der Waals surface area contributed by atoms with E-state index in [4.69, 9.17) is 10.6 Å². The Labute approximate surface area is 102 Å². The van der Waals surface area contributed by atoms with Gasteiger partial charge in [0.05, 0.1) is 19.3 Å². The molecule has 0 amide bonds. The molecular weight excluding hydrogens is 274 g/mol. The second kappa shape index (κ2) is 4.94. The molecule has 1 fully saturated rings. The molecule has 1 aliphatic heterocycles. The summed E-state index contributed by atoms with van der Waals surface area (Å²) < 4.78 is 6.17. The first-order valence-electron chi connectivity index (χ1n) is 5.05. The van der Waals surface area contributed by atoms with Crippen LogP contribution in [0.5, 0.6) is 0 Å². The van der Waals surface area contributed by atoms with Crippen LogP contribution in [0.3, 0.4) is 0 Å². The molecule has 1 aliphatic rings. The van der Waals surface area contributed by atoms with Crippen LogP contribution >= 0.6 is 15.9 Å². The molecule has 1 aromatic rings. The predicted molar refractivity (Wildman–Crippen MR) is 65.2 cm³/mol. The number of rotatable bonds is 2. The molecule has 6 nitrogen and oxygen atoms in total. The van der Waals surface area contributed by atoms with E-state index in [1.807, 2.05) is 0 Å². The summed E-state index contributed by atoms with van der Waals surface area (Å²) in [7, 11) is 0. The smallest absolute Gasteiger partial charge is 0.159 e. The van der Waals surface area contributed by atoms with E-state index in [9.17, 15) is 0 Å². The summed E-state index contributed by atoms with van der Waals surface area (Å²) >= 11 is 3.45. The highest BCUT2D eigenvalue weighted by Gasteiger charge is 2.23. The summed E-state index contributed by atoms with van der Waals surface area (Å²) in [5, 5.41) is 0. The Balaban J connectivity index is 2.31. The number of nitrogens with zero attached hydrogens (tertiary/aromatic N) is 3. The van der Waals surface area contributed by atoms with Gasteiger partial charge >= 0.3 is 0 Å². The minimum Gasteiger partial charge on any atom is -0.377 e. The quantitative estimate of drug-likeness (QED) is 0.618. The molecule has 0 aromatic carbocycles. The minimum absolute atomic E-state index is 0.297. The van der Waals surface area contributed by atoms with E-state index in [2.05, 4.69) is 43.1 Å². The molecule has 1 unspecified atom stereocenters. The number of hydrogen-bond donors (Lipinski definition) is 2. The zero-order chi connectivity index (χ0) is 11.5. The first-order valence-corrected chi connectivity index (χ1v) is 5.85. The highest BCUT2D eigenvalue weighted by atomic mass is 79.9. The number of aromatic nitrogens is 2. The van der Waals surface area contributed by atoms with Crippen molar-refractivity contribution in [2.75, 3.05) is 30.1 Å². The SMILES string of the molecule is CC1COCCN1c1ncnc(NN)c1Br. The fourth-order valence-corrected chi connectivity index (χ4v) is 2.25. The van der Waals surface area contributed by atoms with Crippen molar-refractivity contribution in [3.63, 3.8) is 0 Å². The molecule has 1 saturated heterocycles. The lowest BCUT2D eigenvalue weighted by molar-refractivity contribution is 0.0984. The zero-order valence-corrected chi connectivity index (χ0v) is 10.6. The molecule has 3 N–H and O–H groups in total. The first-order chi connectivity index (χ1) is 7.74. The second-order valence-electron chi connectivity index (χ2n) is 3.62. The Kier molecular flexibility index (Phi) is 3.57. The van der Waals surface area contributed by atoms with Crippen molar-refractivity contribution in [1.82, 2.24) is 9.97 Å². The van der Waals surface area contributed by atoms with Gasteiger partial charge in [-0.3, -0.25) is 0 Å². The van der Waals surface area contributed by atoms with Crippen LogP contribution in [0.15, 0.2) is 10.8 Å². The van der Waals surface area contributed by atoms with Crippen LogP contribution in [-0.4, -0.2) is 35.8 Å². The van der Waals surface area contributed by atoms with Gasteiger partial charge in [-0.25, -0.2) is 15.8 Å². The average Bonchev–Trinajstić information content (AvgIpc) is 2.31.